The van der Waals surface area contributed by atoms with Gasteiger partial charge in [-0.2, -0.15) is 5.10 Å². The number of hydrogen-bond acceptors (Lipinski definition) is 3. The van der Waals surface area contributed by atoms with Gasteiger partial charge in [-0.25, -0.2) is 9.07 Å². The number of carbonyl (C=O) groups is 1. The lowest BCUT2D eigenvalue weighted by molar-refractivity contribution is -0.136. The van der Waals surface area contributed by atoms with Crippen LogP contribution in [0.4, 0.5) is 4.39 Å². The average Bonchev–Trinajstić information content (AvgIpc) is 2.66. The van der Waals surface area contributed by atoms with Crippen LogP contribution in [-0.4, -0.2) is 28.0 Å². The Hall–Kier alpha value is -2.37. The molecule has 6 heteroatoms. The molecule has 0 aliphatic rings. The number of aliphatic carboxylic acids is 1. The summed E-state index contributed by atoms with van der Waals surface area (Å²) >= 11 is 0. The van der Waals surface area contributed by atoms with E-state index in [2.05, 4.69) is 5.10 Å². The number of carboxylic acid groups (broad SMARTS) is 1. The number of benzene rings is 1. The Kier molecular flexibility index (Phi) is 3.50. The molecule has 0 aliphatic carbocycles. The van der Waals surface area contributed by atoms with E-state index in [4.69, 9.17) is 9.84 Å². The highest BCUT2D eigenvalue weighted by Gasteiger charge is 2.19. The van der Waals surface area contributed by atoms with Gasteiger partial charge in [-0.3, -0.25) is 4.79 Å². The SMILES string of the molecule is COc1c(CC(=O)O)c(C)nn1-c1cccc(F)c1. The monoisotopic (exact) mass is 264 g/mol. The molecular formula is C13H13FN2O3. The third-order valence-electron chi connectivity index (χ3n) is 2.71. The van der Waals surface area contributed by atoms with Crippen LogP contribution in [0, 0.1) is 12.7 Å². The normalized spacial score (nSPS) is 10.5. The number of aryl methyl sites for hydroxylation is 1. The van der Waals surface area contributed by atoms with Crippen molar-refractivity contribution in [1.82, 2.24) is 9.78 Å². The number of carboxylic acids is 1. The summed E-state index contributed by atoms with van der Waals surface area (Å²) in [5.74, 6) is -1.06. The van der Waals surface area contributed by atoms with E-state index in [9.17, 15) is 9.18 Å². The van der Waals surface area contributed by atoms with Gasteiger partial charge in [0.05, 0.1) is 24.9 Å². The highest BCUT2D eigenvalue weighted by molar-refractivity contribution is 5.71. The molecule has 1 heterocycles. The Labute approximate surface area is 109 Å². The molecule has 2 aromatic rings. The highest BCUT2D eigenvalue weighted by atomic mass is 19.1. The molecule has 1 aromatic carbocycles. The van der Waals surface area contributed by atoms with Crippen molar-refractivity contribution in [3.8, 4) is 11.6 Å². The summed E-state index contributed by atoms with van der Waals surface area (Å²) in [6, 6.07) is 5.85. The van der Waals surface area contributed by atoms with Gasteiger partial charge < -0.3 is 9.84 Å². The first kappa shape index (κ1) is 13.1. The Morgan fingerprint density at radius 1 is 1.53 bits per heavy atom. The third-order valence-corrected chi connectivity index (χ3v) is 2.71. The molecule has 100 valence electrons. The van der Waals surface area contributed by atoms with Crippen molar-refractivity contribution in [3.63, 3.8) is 0 Å². The standard InChI is InChI=1S/C13H13FN2O3/c1-8-11(7-12(17)18)13(19-2)16(15-8)10-5-3-4-9(14)6-10/h3-6H,7H2,1-2H3,(H,17,18). The molecule has 1 N–H and O–H groups in total. The fraction of sp³-hybridized carbons (Fsp3) is 0.231. The minimum atomic E-state index is -0.972. The Bertz CT molecular complexity index is 622. The molecule has 1 aromatic heterocycles. The van der Waals surface area contributed by atoms with E-state index in [1.165, 1.54) is 23.9 Å². The second kappa shape index (κ2) is 5.09. The first-order valence-corrected chi connectivity index (χ1v) is 5.63. The van der Waals surface area contributed by atoms with Crippen molar-refractivity contribution >= 4 is 5.97 Å². The van der Waals surface area contributed by atoms with Crippen LogP contribution in [0.15, 0.2) is 24.3 Å². The summed E-state index contributed by atoms with van der Waals surface area (Å²) in [4.78, 5) is 10.8. The predicted molar refractivity (Wildman–Crippen MR) is 66.2 cm³/mol. The number of methoxy groups -OCH3 is 1. The number of ether oxygens (including phenoxy) is 1. The van der Waals surface area contributed by atoms with Crippen LogP contribution in [-0.2, 0) is 11.2 Å². The molecule has 0 saturated heterocycles. The molecule has 0 bridgehead atoms. The summed E-state index contributed by atoms with van der Waals surface area (Å²) < 4.78 is 19.8. The second-order valence-corrected chi connectivity index (χ2v) is 4.04. The first-order chi connectivity index (χ1) is 9.02. The number of rotatable bonds is 4. The van der Waals surface area contributed by atoms with Crippen molar-refractivity contribution in [1.29, 1.82) is 0 Å². The largest absolute Gasteiger partial charge is 0.481 e. The van der Waals surface area contributed by atoms with Crippen LogP contribution in [0.25, 0.3) is 5.69 Å². The van der Waals surface area contributed by atoms with Crippen LogP contribution in [0.5, 0.6) is 5.88 Å². The summed E-state index contributed by atoms with van der Waals surface area (Å²) in [6.07, 6.45) is -0.190. The molecule has 5 nitrogen and oxygen atoms in total. The molecule has 0 saturated carbocycles. The summed E-state index contributed by atoms with van der Waals surface area (Å²) in [5, 5.41) is 13.1. The van der Waals surface area contributed by atoms with Gasteiger partial charge >= 0.3 is 5.97 Å². The van der Waals surface area contributed by atoms with Gasteiger partial charge in [-0.15, -0.1) is 0 Å². The van der Waals surface area contributed by atoms with Crippen molar-refractivity contribution in [2.75, 3.05) is 7.11 Å². The van der Waals surface area contributed by atoms with Gasteiger partial charge in [-0.05, 0) is 25.1 Å². The van der Waals surface area contributed by atoms with E-state index in [0.29, 0.717) is 22.8 Å². The van der Waals surface area contributed by atoms with Crippen LogP contribution in [0.1, 0.15) is 11.3 Å². The zero-order valence-electron chi connectivity index (χ0n) is 10.6. The molecule has 2 rings (SSSR count). The van der Waals surface area contributed by atoms with Crippen molar-refractivity contribution < 1.29 is 19.0 Å². The maximum Gasteiger partial charge on any atom is 0.308 e. The van der Waals surface area contributed by atoms with Gasteiger partial charge in [0.2, 0.25) is 5.88 Å². The van der Waals surface area contributed by atoms with Gasteiger partial charge in [0.15, 0.2) is 0 Å². The molecule has 0 amide bonds. The maximum atomic E-state index is 13.2. The lowest BCUT2D eigenvalue weighted by Gasteiger charge is -2.07. The predicted octanol–water partition coefficient (Wildman–Crippen LogP) is 1.96. The minimum absolute atomic E-state index is 0.190. The smallest absolute Gasteiger partial charge is 0.308 e. The van der Waals surface area contributed by atoms with Gasteiger partial charge in [-0.1, -0.05) is 6.07 Å². The molecule has 0 fully saturated rings. The lowest BCUT2D eigenvalue weighted by atomic mass is 10.2. The van der Waals surface area contributed by atoms with E-state index in [-0.39, 0.29) is 6.42 Å². The molecule has 19 heavy (non-hydrogen) atoms. The van der Waals surface area contributed by atoms with Crippen LogP contribution < -0.4 is 4.74 Å². The summed E-state index contributed by atoms with van der Waals surface area (Å²) in [7, 11) is 1.43. The lowest BCUT2D eigenvalue weighted by Crippen LogP contribution is -2.04. The minimum Gasteiger partial charge on any atom is -0.481 e. The zero-order valence-corrected chi connectivity index (χ0v) is 10.6. The Balaban J connectivity index is 2.55. The van der Waals surface area contributed by atoms with E-state index in [0.717, 1.165) is 0 Å². The number of hydrogen-bond donors (Lipinski definition) is 1. The molecule has 0 spiro atoms. The van der Waals surface area contributed by atoms with E-state index in [1.807, 2.05) is 0 Å². The number of aromatic nitrogens is 2. The van der Waals surface area contributed by atoms with Crippen molar-refractivity contribution in [3.05, 3.63) is 41.3 Å². The summed E-state index contributed by atoms with van der Waals surface area (Å²) in [6.45, 7) is 1.69. The van der Waals surface area contributed by atoms with E-state index < -0.39 is 11.8 Å². The molecule has 0 unspecified atom stereocenters. The van der Waals surface area contributed by atoms with E-state index in [1.54, 1.807) is 19.1 Å². The van der Waals surface area contributed by atoms with Gasteiger partial charge in [0.1, 0.15) is 5.82 Å². The molecular weight excluding hydrogens is 251 g/mol. The first-order valence-electron chi connectivity index (χ1n) is 5.63. The van der Waals surface area contributed by atoms with Gasteiger partial charge in [0.25, 0.3) is 0 Å². The van der Waals surface area contributed by atoms with Crippen LogP contribution in [0.3, 0.4) is 0 Å². The second-order valence-electron chi connectivity index (χ2n) is 4.04. The fourth-order valence-corrected chi connectivity index (χ4v) is 1.89. The average molecular weight is 264 g/mol. The maximum absolute atomic E-state index is 13.2. The number of halogens is 1. The molecule has 0 atom stereocenters. The van der Waals surface area contributed by atoms with Crippen LogP contribution >= 0.6 is 0 Å². The zero-order chi connectivity index (χ0) is 14.0. The Morgan fingerprint density at radius 3 is 2.84 bits per heavy atom. The number of nitrogens with zero attached hydrogens (tertiary/aromatic N) is 2. The summed E-state index contributed by atoms with van der Waals surface area (Å²) in [5.41, 5.74) is 1.51. The van der Waals surface area contributed by atoms with Crippen molar-refractivity contribution in [2.45, 2.75) is 13.3 Å². The van der Waals surface area contributed by atoms with E-state index >= 15 is 0 Å². The third kappa shape index (κ3) is 2.57. The quantitative estimate of drug-likeness (QED) is 0.916. The van der Waals surface area contributed by atoms with Crippen molar-refractivity contribution in [2.24, 2.45) is 0 Å². The Morgan fingerprint density at radius 2 is 2.26 bits per heavy atom. The highest BCUT2D eigenvalue weighted by Crippen LogP contribution is 2.26. The van der Waals surface area contributed by atoms with Crippen LogP contribution in [0.2, 0.25) is 0 Å². The molecule has 0 aliphatic heterocycles. The topological polar surface area (TPSA) is 64.3 Å². The fourth-order valence-electron chi connectivity index (χ4n) is 1.89. The molecule has 0 radical (unpaired) electrons. The van der Waals surface area contributed by atoms with Gasteiger partial charge in [0, 0.05) is 5.56 Å².